The molecule has 0 aliphatic heterocycles. The summed E-state index contributed by atoms with van der Waals surface area (Å²) < 4.78 is 16.8. The van der Waals surface area contributed by atoms with E-state index in [1.54, 1.807) is 0 Å². The van der Waals surface area contributed by atoms with Gasteiger partial charge in [-0.1, -0.05) is 219 Å². The lowest BCUT2D eigenvalue weighted by Crippen LogP contribution is -2.30. The Hall–Kier alpha value is -4.45. The number of carbonyl (C=O) groups excluding carboxylic acids is 3. The Labute approximate surface area is 430 Å². The Kier molecular flexibility index (Phi) is 53.5. The van der Waals surface area contributed by atoms with Gasteiger partial charge < -0.3 is 14.2 Å². The van der Waals surface area contributed by atoms with Crippen LogP contribution in [0.5, 0.6) is 0 Å². The fourth-order valence-electron chi connectivity index (χ4n) is 7.20. The molecule has 1 unspecified atom stereocenters. The average Bonchev–Trinajstić information content (AvgIpc) is 3.36. The molecule has 0 aromatic heterocycles. The van der Waals surface area contributed by atoms with Gasteiger partial charge in [-0.3, -0.25) is 14.4 Å². The van der Waals surface area contributed by atoms with Gasteiger partial charge in [-0.05, 0) is 128 Å². The number of ether oxygens (including phenoxy) is 3. The van der Waals surface area contributed by atoms with Crippen molar-refractivity contribution < 1.29 is 28.6 Å². The summed E-state index contributed by atoms with van der Waals surface area (Å²) in [5.74, 6) is -1.01. The van der Waals surface area contributed by atoms with E-state index in [0.717, 1.165) is 141 Å². The van der Waals surface area contributed by atoms with E-state index in [-0.39, 0.29) is 37.5 Å². The van der Waals surface area contributed by atoms with Crippen LogP contribution in [0.1, 0.15) is 233 Å². The molecular formula is C64H102O6. The summed E-state index contributed by atoms with van der Waals surface area (Å²) in [7, 11) is 0. The van der Waals surface area contributed by atoms with Crippen LogP contribution in [0.3, 0.4) is 0 Å². The zero-order valence-corrected chi connectivity index (χ0v) is 45.0. The van der Waals surface area contributed by atoms with Crippen molar-refractivity contribution in [2.45, 2.75) is 239 Å². The monoisotopic (exact) mass is 967 g/mol. The SMILES string of the molecule is CC/C=C\C/C=C\C/C=C\C/C=C\C/C=C\CCCCCCCC(=O)OCC(COC(=O)CCCCCCC/C=C\CCCCCCC)OC(=O)CCC/C=C\C/C=C\C/C=C\C/C=C\C/C=C\CC. The molecule has 0 amide bonds. The van der Waals surface area contributed by atoms with Crippen LogP contribution in [0.4, 0.5) is 0 Å². The second kappa shape index (κ2) is 57.1. The van der Waals surface area contributed by atoms with Gasteiger partial charge in [0.2, 0.25) is 0 Å². The second-order valence-electron chi connectivity index (χ2n) is 18.1. The van der Waals surface area contributed by atoms with Crippen LogP contribution in [-0.2, 0) is 28.6 Å². The summed E-state index contributed by atoms with van der Waals surface area (Å²) in [6.07, 6.45) is 80.1. The Balaban J connectivity index is 4.53. The van der Waals surface area contributed by atoms with Gasteiger partial charge in [0.25, 0.3) is 0 Å². The summed E-state index contributed by atoms with van der Waals surface area (Å²) in [5.41, 5.74) is 0. The largest absolute Gasteiger partial charge is 0.462 e. The molecule has 0 radical (unpaired) electrons. The lowest BCUT2D eigenvalue weighted by Gasteiger charge is -2.18. The van der Waals surface area contributed by atoms with E-state index in [9.17, 15) is 14.4 Å². The maximum absolute atomic E-state index is 12.8. The quantitative estimate of drug-likeness (QED) is 0.0262. The maximum atomic E-state index is 12.8. The van der Waals surface area contributed by atoms with Crippen molar-refractivity contribution in [1.29, 1.82) is 0 Å². The van der Waals surface area contributed by atoms with Gasteiger partial charge in [0.05, 0.1) is 0 Å². The van der Waals surface area contributed by atoms with Crippen LogP contribution in [0.2, 0.25) is 0 Å². The van der Waals surface area contributed by atoms with Crippen molar-refractivity contribution in [3.63, 3.8) is 0 Å². The highest BCUT2D eigenvalue weighted by atomic mass is 16.6. The van der Waals surface area contributed by atoms with Crippen LogP contribution in [0.25, 0.3) is 0 Å². The number of hydrogen-bond acceptors (Lipinski definition) is 6. The number of unbranched alkanes of at least 4 members (excludes halogenated alkanes) is 16. The van der Waals surface area contributed by atoms with E-state index in [2.05, 4.69) is 154 Å². The molecule has 0 saturated heterocycles. The zero-order chi connectivity index (χ0) is 50.7. The van der Waals surface area contributed by atoms with Crippen LogP contribution >= 0.6 is 0 Å². The number of esters is 3. The molecule has 394 valence electrons. The first-order valence-electron chi connectivity index (χ1n) is 28.2. The van der Waals surface area contributed by atoms with Gasteiger partial charge in [0.1, 0.15) is 13.2 Å². The molecule has 6 heteroatoms. The summed E-state index contributed by atoms with van der Waals surface area (Å²) in [5, 5.41) is 0. The van der Waals surface area contributed by atoms with Gasteiger partial charge in [-0.2, -0.15) is 0 Å². The first kappa shape index (κ1) is 65.5. The fourth-order valence-corrected chi connectivity index (χ4v) is 7.20. The Morgan fingerprint density at radius 2 is 0.571 bits per heavy atom. The van der Waals surface area contributed by atoms with E-state index in [1.165, 1.54) is 44.9 Å². The van der Waals surface area contributed by atoms with Crippen LogP contribution in [-0.4, -0.2) is 37.2 Å². The van der Waals surface area contributed by atoms with Gasteiger partial charge in [0.15, 0.2) is 6.10 Å². The molecule has 0 spiro atoms. The standard InChI is InChI=1S/C64H102O6/c1-4-7-10-13-16-19-22-25-28-30-31-32-33-35-36-39-42-45-48-51-54-57-63(66)69-60-61(59-68-62(65)56-53-50-47-44-41-38-27-24-21-18-15-12-9-6-3)70-64(67)58-55-52-49-46-43-40-37-34-29-26-23-20-17-14-11-8-5-2/h7-8,10-11,16-17,19-20,24-29,31-32,35-37,40,46,49,61H,4-6,9,12-15,18,21-23,30,33-34,38-39,41-45,47-48,50-60H2,1-3H3/b10-7-,11-8-,19-16-,20-17-,27-24-,28-25-,29-26-,32-31-,36-35-,40-37-,49-46-. The molecule has 70 heavy (non-hydrogen) atoms. The highest BCUT2D eigenvalue weighted by Gasteiger charge is 2.19. The third-order valence-electron chi connectivity index (χ3n) is 11.4. The van der Waals surface area contributed by atoms with Crippen molar-refractivity contribution in [2.75, 3.05) is 13.2 Å². The van der Waals surface area contributed by atoms with E-state index >= 15 is 0 Å². The van der Waals surface area contributed by atoms with Gasteiger partial charge in [0, 0.05) is 19.3 Å². The van der Waals surface area contributed by atoms with Crippen molar-refractivity contribution >= 4 is 17.9 Å². The molecule has 1 atom stereocenters. The zero-order valence-electron chi connectivity index (χ0n) is 45.0. The topological polar surface area (TPSA) is 78.9 Å². The van der Waals surface area contributed by atoms with Crippen molar-refractivity contribution in [2.24, 2.45) is 0 Å². The van der Waals surface area contributed by atoms with Crippen LogP contribution < -0.4 is 0 Å². The molecule has 0 fully saturated rings. The number of hydrogen-bond donors (Lipinski definition) is 0. The van der Waals surface area contributed by atoms with Crippen molar-refractivity contribution in [3.05, 3.63) is 134 Å². The first-order chi connectivity index (χ1) is 34.5. The Bertz CT molecular complexity index is 1530. The number of rotatable bonds is 49. The first-order valence-corrected chi connectivity index (χ1v) is 28.2. The summed E-state index contributed by atoms with van der Waals surface area (Å²) >= 11 is 0. The second-order valence-corrected chi connectivity index (χ2v) is 18.1. The van der Waals surface area contributed by atoms with E-state index < -0.39 is 6.10 Å². The average molecular weight is 968 g/mol. The number of allylic oxidation sites excluding steroid dienone is 22. The molecule has 0 aliphatic carbocycles. The predicted octanol–water partition coefficient (Wildman–Crippen LogP) is 19.0. The molecule has 0 rings (SSSR count). The van der Waals surface area contributed by atoms with Crippen LogP contribution in [0, 0.1) is 0 Å². The highest BCUT2D eigenvalue weighted by molar-refractivity contribution is 5.71. The third-order valence-corrected chi connectivity index (χ3v) is 11.4. The molecule has 0 bridgehead atoms. The van der Waals surface area contributed by atoms with Gasteiger partial charge in [-0.15, -0.1) is 0 Å². The lowest BCUT2D eigenvalue weighted by molar-refractivity contribution is -0.167. The smallest absolute Gasteiger partial charge is 0.306 e. The molecular weight excluding hydrogens is 865 g/mol. The minimum atomic E-state index is -0.825. The summed E-state index contributed by atoms with van der Waals surface area (Å²) in [6, 6.07) is 0. The molecule has 0 aromatic carbocycles. The summed E-state index contributed by atoms with van der Waals surface area (Å²) in [4.78, 5) is 38.1. The van der Waals surface area contributed by atoms with Crippen LogP contribution in [0.15, 0.2) is 134 Å². The minimum absolute atomic E-state index is 0.116. The van der Waals surface area contributed by atoms with E-state index in [4.69, 9.17) is 14.2 Å². The predicted molar refractivity (Wildman–Crippen MR) is 302 cm³/mol. The van der Waals surface area contributed by atoms with E-state index in [1.807, 2.05) is 0 Å². The van der Waals surface area contributed by atoms with Gasteiger partial charge >= 0.3 is 17.9 Å². The van der Waals surface area contributed by atoms with E-state index in [0.29, 0.717) is 19.3 Å². The Morgan fingerprint density at radius 1 is 0.300 bits per heavy atom. The molecule has 6 nitrogen and oxygen atoms in total. The van der Waals surface area contributed by atoms with Crippen molar-refractivity contribution in [1.82, 2.24) is 0 Å². The highest BCUT2D eigenvalue weighted by Crippen LogP contribution is 2.13. The maximum Gasteiger partial charge on any atom is 0.306 e. The lowest BCUT2D eigenvalue weighted by atomic mass is 10.1. The Morgan fingerprint density at radius 3 is 0.929 bits per heavy atom. The number of carbonyl (C=O) groups is 3. The molecule has 0 heterocycles. The molecule has 0 aromatic rings. The molecule has 0 N–H and O–H groups in total. The molecule has 0 saturated carbocycles. The summed E-state index contributed by atoms with van der Waals surface area (Å²) in [6.45, 7) is 6.32. The van der Waals surface area contributed by atoms with Crippen molar-refractivity contribution in [3.8, 4) is 0 Å². The third kappa shape index (κ3) is 54.5. The molecule has 0 aliphatic rings. The minimum Gasteiger partial charge on any atom is -0.462 e. The van der Waals surface area contributed by atoms with Gasteiger partial charge in [-0.25, -0.2) is 0 Å². The normalized spacial score (nSPS) is 13.1. The fraction of sp³-hybridized carbons (Fsp3) is 0.609.